The summed E-state index contributed by atoms with van der Waals surface area (Å²) >= 11 is 0. The molecule has 1 aromatic carbocycles. The minimum atomic E-state index is 0.0244. The number of benzene rings is 1. The van der Waals surface area contributed by atoms with E-state index < -0.39 is 0 Å². The maximum atomic E-state index is 12.1. The van der Waals surface area contributed by atoms with Crippen LogP contribution < -0.4 is 9.47 Å². The van der Waals surface area contributed by atoms with Crippen LogP contribution in [0.15, 0.2) is 18.2 Å². The number of rotatable bonds is 8. The molecule has 20 heavy (non-hydrogen) atoms. The second-order valence-corrected chi connectivity index (χ2v) is 4.82. The number of carbonyl (C=O) groups excluding carboxylic acids is 1. The van der Waals surface area contributed by atoms with Gasteiger partial charge in [-0.15, -0.1) is 0 Å². The summed E-state index contributed by atoms with van der Waals surface area (Å²) in [6.45, 7) is 7.74. The molecule has 0 bridgehead atoms. The molecule has 0 fully saturated rings. The molecule has 0 aromatic heterocycles. The lowest BCUT2D eigenvalue weighted by molar-refractivity contribution is -0.133. The van der Waals surface area contributed by atoms with Crippen molar-refractivity contribution in [3.63, 3.8) is 0 Å². The van der Waals surface area contributed by atoms with Crippen LogP contribution >= 0.6 is 0 Å². The van der Waals surface area contributed by atoms with E-state index in [1.807, 2.05) is 30.0 Å². The summed E-state index contributed by atoms with van der Waals surface area (Å²) in [6, 6.07) is 5.68. The van der Waals surface area contributed by atoms with Crippen LogP contribution in [0.5, 0.6) is 11.5 Å². The minimum Gasteiger partial charge on any atom is -0.493 e. The van der Waals surface area contributed by atoms with Crippen molar-refractivity contribution in [2.75, 3.05) is 26.8 Å². The maximum absolute atomic E-state index is 12.1. The Morgan fingerprint density at radius 3 is 2.35 bits per heavy atom. The number of ether oxygens (including phenoxy) is 2. The lowest BCUT2D eigenvalue weighted by Crippen LogP contribution is -2.36. The summed E-state index contributed by atoms with van der Waals surface area (Å²) in [6.07, 6.45) is 1.92. The van der Waals surface area contributed by atoms with E-state index in [2.05, 4.69) is 13.8 Å². The van der Waals surface area contributed by atoms with Gasteiger partial charge in [0.1, 0.15) is 0 Å². The third-order valence-corrected chi connectivity index (χ3v) is 3.01. The molecule has 0 unspecified atom stereocenters. The van der Waals surface area contributed by atoms with E-state index in [0.717, 1.165) is 31.5 Å². The molecule has 112 valence electrons. The molecule has 1 amide bonds. The molecule has 0 spiro atoms. The minimum absolute atomic E-state index is 0.0244. The summed E-state index contributed by atoms with van der Waals surface area (Å²) in [5, 5.41) is 0. The molecule has 1 aromatic rings. The fourth-order valence-electron chi connectivity index (χ4n) is 2.03. The number of hydrogen-bond donors (Lipinski definition) is 0. The molecule has 0 heterocycles. The predicted molar refractivity (Wildman–Crippen MR) is 80.4 cm³/mol. The highest BCUT2D eigenvalue weighted by atomic mass is 16.5. The summed E-state index contributed by atoms with van der Waals surface area (Å²) in [7, 11) is 1.60. The number of hydrogen-bond acceptors (Lipinski definition) is 3. The van der Waals surface area contributed by atoms with Gasteiger partial charge < -0.3 is 14.4 Å². The largest absolute Gasteiger partial charge is 0.493 e. The summed E-state index contributed by atoms with van der Waals surface area (Å²) in [5.41, 5.74) is 1.10. The van der Waals surface area contributed by atoms with E-state index in [4.69, 9.17) is 9.47 Å². The van der Waals surface area contributed by atoms with Crippen LogP contribution in [0.3, 0.4) is 0 Å². The molecule has 1 rings (SSSR count). The summed E-state index contributed by atoms with van der Waals surface area (Å²) in [5.74, 6) is 1.30. The predicted octanol–water partition coefficient (Wildman–Crippen LogP) is 3.03. The van der Waals surface area contributed by atoms with Crippen molar-refractivity contribution in [3.8, 4) is 11.5 Å². The SMILES string of the molecule is CCCN(CCC)C(=O)COc1ccc(C)cc1OC. The Hall–Kier alpha value is -1.71. The van der Waals surface area contributed by atoms with E-state index in [-0.39, 0.29) is 12.5 Å². The molecule has 0 radical (unpaired) electrons. The van der Waals surface area contributed by atoms with Crippen molar-refractivity contribution in [1.29, 1.82) is 0 Å². The van der Waals surface area contributed by atoms with Crippen LogP contribution in [0.4, 0.5) is 0 Å². The molecular formula is C16H25NO3. The van der Waals surface area contributed by atoms with Gasteiger partial charge in [0.05, 0.1) is 7.11 Å². The van der Waals surface area contributed by atoms with Gasteiger partial charge in [0.15, 0.2) is 18.1 Å². The van der Waals surface area contributed by atoms with Gasteiger partial charge in [-0.25, -0.2) is 0 Å². The molecule has 0 aliphatic carbocycles. The van der Waals surface area contributed by atoms with Crippen molar-refractivity contribution in [3.05, 3.63) is 23.8 Å². The molecule has 0 atom stereocenters. The summed E-state index contributed by atoms with van der Waals surface area (Å²) < 4.78 is 10.9. The molecule has 4 nitrogen and oxygen atoms in total. The van der Waals surface area contributed by atoms with E-state index in [0.29, 0.717) is 11.5 Å². The first-order valence-corrected chi connectivity index (χ1v) is 7.17. The van der Waals surface area contributed by atoms with Gasteiger partial charge in [0.2, 0.25) is 0 Å². The molecule has 4 heteroatoms. The highest BCUT2D eigenvalue weighted by Gasteiger charge is 2.13. The molecule has 0 aliphatic heterocycles. The highest BCUT2D eigenvalue weighted by Crippen LogP contribution is 2.27. The number of amides is 1. The first-order valence-electron chi connectivity index (χ1n) is 7.17. The first-order chi connectivity index (χ1) is 9.62. The highest BCUT2D eigenvalue weighted by molar-refractivity contribution is 5.77. The molecule has 0 saturated heterocycles. The Bertz CT molecular complexity index is 426. The van der Waals surface area contributed by atoms with Crippen molar-refractivity contribution in [2.24, 2.45) is 0 Å². The third kappa shape index (κ3) is 4.76. The lowest BCUT2D eigenvalue weighted by atomic mass is 10.2. The number of nitrogens with zero attached hydrogens (tertiary/aromatic N) is 1. The van der Waals surface area contributed by atoms with Crippen molar-refractivity contribution < 1.29 is 14.3 Å². The van der Waals surface area contributed by atoms with Crippen molar-refractivity contribution >= 4 is 5.91 Å². The van der Waals surface area contributed by atoms with E-state index in [9.17, 15) is 4.79 Å². The topological polar surface area (TPSA) is 38.8 Å². The Balaban J connectivity index is 2.63. The standard InChI is InChI=1S/C16H25NO3/c1-5-9-17(10-6-2)16(18)12-20-14-8-7-13(3)11-15(14)19-4/h7-8,11H,5-6,9-10,12H2,1-4H3. The fraction of sp³-hybridized carbons (Fsp3) is 0.562. The van der Waals surface area contributed by atoms with Crippen LogP contribution in [0.25, 0.3) is 0 Å². The van der Waals surface area contributed by atoms with Gasteiger partial charge in [-0.2, -0.15) is 0 Å². The quantitative estimate of drug-likeness (QED) is 0.734. The van der Waals surface area contributed by atoms with Gasteiger partial charge in [-0.05, 0) is 37.5 Å². The molecular weight excluding hydrogens is 254 g/mol. The average Bonchev–Trinajstić information content (AvgIpc) is 2.45. The van der Waals surface area contributed by atoms with Crippen LogP contribution in [0.1, 0.15) is 32.3 Å². The van der Waals surface area contributed by atoms with E-state index >= 15 is 0 Å². The van der Waals surface area contributed by atoms with Gasteiger partial charge in [-0.3, -0.25) is 4.79 Å². The van der Waals surface area contributed by atoms with Gasteiger partial charge in [0.25, 0.3) is 5.91 Å². The summed E-state index contributed by atoms with van der Waals surface area (Å²) in [4.78, 5) is 14.0. The second-order valence-electron chi connectivity index (χ2n) is 4.82. The zero-order chi connectivity index (χ0) is 15.0. The monoisotopic (exact) mass is 279 g/mol. The van der Waals surface area contributed by atoms with Crippen LogP contribution in [0.2, 0.25) is 0 Å². The third-order valence-electron chi connectivity index (χ3n) is 3.01. The van der Waals surface area contributed by atoms with Gasteiger partial charge in [0, 0.05) is 13.1 Å². The van der Waals surface area contributed by atoms with Gasteiger partial charge in [-0.1, -0.05) is 19.9 Å². The number of aryl methyl sites for hydroxylation is 1. The second kappa shape index (κ2) is 8.46. The van der Waals surface area contributed by atoms with Crippen molar-refractivity contribution in [2.45, 2.75) is 33.6 Å². The smallest absolute Gasteiger partial charge is 0.260 e. The van der Waals surface area contributed by atoms with Crippen LogP contribution in [-0.2, 0) is 4.79 Å². The Morgan fingerprint density at radius 2 is 1.80 bits per heavy atom. The number of methoxy groups -OCH3 is 1. The van der Waals surface area contributed by atoms with Crippen LogP contribution in [-0.4, -0.2) is 37.6 Å². The fourth-order valence-corrected chi connectivity index (χ4v) is 2.03. The lowest BCUT2D eigenvalue weighted by Gasteiger charge is -2.21. The normalized spacial score (nSPS) is 10.2. The van der Waals surface area contributed by atoms with Crippen molar-refractivity contribution in [1.82, 2.24) is 4.90 Å². The molecule has 0 saturated carbocycles. The Morgan fingerprint density at radius 1 is 1.15 bits per heavy atom. The number of carbonyl (C=O) groups is 1. The average molecular weight is 279 g/mol. The molecule has 0 N–H and O–H groups in total. The Labute approximate surface area is 121 Å². The zero-order valence-corrected chi connectivity index (χ0v) is 12.9. The van der Waals surface area contributed by atoms with E-state index in [1.54, 1.807) is 7.11 Å². The Kier molecular flexibility index (Phi) is 6.91. The van der Waals surface area contributed by atoms with E-state index in [1.165, 1.54) is 0 Å². The maximum Gasteiger partial charge on any atom is 0.260 e. The first kappa shape index (κ1) is 16.3. The van der Waals surface area contributed by atoms with Gasteiger partial charge >= 0.3 is 0 Å². The van der Waals surface area contributed by atoms with Crippen LogP contribution in [0, 0.1) is 6.92 Å². The zero-order valence-electron chi connectivity index (χ0n) is 12.9. The molecule has 0 aliphatic rings.